The Kier molecular flexibility index (Phi) is 5.53. The van der Waals surface area contributed by atoms with Gasteiger partial charge in [0.25, 0.3) is 0 Å². The zero-order valence-corrected chi connectivity index (χ0v) is 12.7. The summed E-state index contributed by atoms with van der Waals surface area (Å²) in [6, 6.07) is 0.309. The predicted octanol–water partition coefficient (Wildman–Crippen LogP) is 3.74. The van der Waals surface area contributed by atoms with Gasteiger partial charge in [0.1, 0.15) is 0 Å². The van der Waals surface area contributed by atoms with Crippen molar-refractivity contribution in [2.24, 2.45) is 11.8 Å². The zero-order valence-electron chi connectivity index (χ0n) is 12.7. The zero-order chi connectivity index (χ0) is 13.7. The first-order chi connectivity index (χ1) is 9.20. The summed E-state index contributed by atoms with van der Waals surface area (Å²) in [4.78, 5) is 16.7. The molecule has 3 nitrogen and oxygen atoms in total. The number of likely N-dealkylation sites (tertiary alicyclic amines) is 2. The van der Waals surface area contributed by atoms with Gasteiger partial charge in [-0.25, -0.2) is 4.79 Å². The Morgan fingerprint density at radius 3 is 2.32 bits per heavy atom. The molecular weight excluding hydrogens is 236 g/mol. The lowest BCUT2D eigenvalue weighted by Gasteiger charge is -2.34. The molecule has 2 rings (SSSR count). The molecule has 1 atom stereocenters. The van der Waals surface area contributed by atoms with Gasteiger partial charge in [0.05, 0.1) is 0 Å². The molecule has 2 aliphatic heterocycles. The summed E-state index contributed by atoms with van der Waals surface area (Å²) < 4.78 is 0. The molecule has 0 spiro atoms. The molecule has 0 radical (unpaired) electrons. The summed E-state index contributed by atoms with van der Waals surface area (Å²) >= 11 is 0. The van der Waals surface area contributed by atoms with Crippen LogP contribution in [-0.2, 0) is 0 Å². The maximum Gasteiger partial charge on any atom is 0.319 e. The first-order valence-electron chi connectivity index (χ1n) is 8.24. The van der Waals surface area contributed by atoms with E-state index in [0.717, 1.165) is 38.0 Å². The molecule has 2 amide bonds. The highest BCUT2D eigenvalue weighted by molar-refractivity contribution is 5.74. The molecule has 2 saturated heterocycles. The predicted molar refractivity (Wildman–Crippen MR) is 79.2 cm³/mol. The molecule has 0 aromatic heterocycles. The molecule has 1 unspecified atom stereocenters. The van der Waals surface area contributed by atoms with Gasteiger partial charge in [0.2, 0.25) is 0 Å². The van der Waals surface area contributed by atoms with Crippen LogP contribution in [-0.4, -0.2) is 42.0 Å². The molecule has 2 heterocycles. The first-order valence-corrected chi connectivity index (χ1v) is 8.24. The molecular formula is C16H30N2O. The Bertz CT molecular complexity index is 284. The summed E-state index contributed by atoms with van der Waals surface area (Å²) in [5, 5.41) is 0. The third-order valence-electron chi connectivity index (χ3n) is 4.87. The van der Waals surface area contributed by atoms with Crippen LogP contribution < -0.4 is 0 Å². The second-order valence-electron chi connectivity index (χ2n) is 6.52. The van der Waals surface area contributed by atoms with Crippen molar-refractivity contribution in [3.63, 3.8) is 0 Å². The van der Waals surface area contributed by atoms with Gasteiger partial charge in [-0.1, -0.05) is 26.7 Å². The molecule has 0 N–H and O–H groups in total. The van der Waals surface area contributed by atoms with E-state index < -0.39 is 0 Å². The molecule has 110 valence electrons. The Morgan fingerprint density at radius 1 is 1.00 bits per heavy atom. The Labute approximate surface area is 118 Å². The van der Waals surface area contributed by atoms with Crippen LogP contribution >= 0.6 is 0 Å². The molecule has 0 aromatic rings. The quantitative estimate of drug-likeness (QED) is 0.747. The number of hydrogen-bond acceptors (Lipinski definition) is 1. The third-order valence-corrected chi connectivity index (χ3v) is 4.87. The summed E-state index contributed by atoms with van der Waals surface area (Å²) in [6.45, 7) is 8.45. The summed E-state index contributed by atoms with van der Waals surface area (Å²) in [7, 11) is 0. The number of amides is 2. The van der Waals surface area contributed by atoms with Gasteiger partial charge < -0.3 is 9.80 Å². The topological polar surface area (TPSA) is 23.6 Å². The van der Waals surface area contributed by atoms with E-state index in [4.69, 9.17) is 0 Å². The smallest absolute Gasteiger partial charge is 0.319 e. The molecule has 0 bridgehead atoms. The van der Waals surface area contributed by atoms with Crippen LogP contribution in [0.25, 0.3) is 0 Å². The lowest BCUT2D eigenvalue weighted by molar-refractivity contribution is 0.135. The van der Waals surface area contributed by atoms with Gasteiger partial charge >= 0.3 is 6.03 Å². The minimum absolute atomic E-state index is 0.309. The van der Waals surface area contributed by atoms with Crippen LogP contribution in [0.2, 0.25) is 0 Å². The van der Waals surface area contributed by atoms with Crippen LogP contribution in [0.3, 0.4) is 0 Å². The van der Waals surface area contributed by atoms with Crippen molar-refractivity contribution in [1.82, 2.24) is 9.80 Å². The Balaban J connectivity index is 1.82. The molecule has 0 aliphatic carbocycles. The fourth-order valence-electron chi connectivity index (χ4n) is 3.45. The van der Waals surface area contributed by atoms with E-state index in [1.807, 2.05) is 0 Å². The number of rotatable bonds is 2. The average Bonchev–Trinajstić information content (AvgIpc) is 2.65. The molecule has 2 fully saturated rings. The molecule has 19 heavy (non-hydrogen) atoms. The monoisotopic (exact) mass is 266 g/mol. The fourth-order valence-corrected chi connectivity index (χ4v) is 3.45. The van der Waals surface area contributed by atoms with E-state index in [1.54, 1.807) is 0 Å². The lowest BCUT2D eigenvalue weighted by Crippen LogP contribution is -2.46. The van der Waals surface area contributed by atoms with E-state index in [-0.39, 0.29) is 0 Å². The third kappa shape index (κ3) is 4.12. The summed E-state index contributed by atoms with van der Waals surface area (Å²) in [5.41, 5.74) is 0. The van der Waals surface area contributed by atoms with Crippen molar-refractivity contribution in [3.8, 4) is 0 Å². The van der Waals surface area contributed by atoms with E-state index in [1.165, 1.54) is 44.9 Å². The average molecular weight is 266 g/mol. The van der Waals surface area contributed by atoms with Gasteiger partial charge in [-0.2, -0.15) is 0 Å². The number of nitrogens with zero attached hydrogens (tertiary/aromatic N) is 2. The van der Waals surface area contributed by atoms with Crippen LogP contribution in [0.5, 0.6) is 0 Å². The first kappa shape index (κ1) is 14.7. The van der Waals surface area contributed by atoms with Gasteiger partial charge in [-0.3, -0.25) is 0 Å². The van der Waals surface area contributed by atoms with Crippen molar-refractivity contribution >= 4 is 6.03 Å². The van der Waals surface area contributed by atoms with Gasteiger partial charge in [-0.05, 0) is 43.9 Å². The maximum absolute atomic E-state index is 12.5. The van der Waals surface area contributed by atoms with Crippen LogP contribution in [0.4, 0.5) is 4.79 Å². The highest BCUT2D eigenvalue weighted by Gasteiger charge is 2.26. The second kappa shape index (κ2) is 7.16. The van der Waals surface area contributed by atoms with E-state index in [9.17, 15) is 4.79 Å². The number of carbonyl (C=O) groups excluding carboxylic acids is 1. The van der Waals surface area contributed by atoms with Crippen LogP contribution in [0.1, 0.15) is 58.8 Å². The van der Waals surface area contributed by atoms with Crippen molar-refractivity contribution in [2.75, 3.05) is 26.2 Å². The van der Waals surface area contributed by atoms with E-state index in [2.05, 4.69) is 23.6 Å². The fraction of sp³-hybridized carbons (Fsp3) is 0.938. The van der Waals surface area contributed by atoms with E-state index >= 15 is 0 Å². The second-order valence-corrected chi connectivity index (χ2v) is 6.52. The molecule has 2 aliphatic rings. The van der Waals surface area contributed by atoms with Gasteiger partial charge in [0.15, 0.2) is 0 Å². The minimum Gasteiger partial charge on any atom is -0.325 e. The molecule has 0 saturated carbocycles. The molecule has 0 aromatic carbocycles. The van der Waals surface area contributed by atoms with Gasteiger partial charge in [-0.15, -0.1) is 0 Å². The van der Waals surface area contributed by atoms with Crippen molar-refractivity contribution in [3.05, 3.63) is 0 Å². The largest absolute Gasteiger partial charge is 0.325 e. The normalized spacial score (nSPS) is 26.3. The lowest BCUT2D eigenvalue weighted by atomic mass is 9.96. The minimum atomic E-state index is 0.309. The van der Waals surface area contributed by atoms with Gasteiger partial charge in [0, 0.05) is 26.2 Å². The number of urea groups is 1. The SMILES string of the molecule is CCCC1CCCN(C(=O)N2CCC(C)CC2)CC1. The highest BCUT2D eigenvalue weighted by Crippen LogP contribution is 2.23. The maximum atomic E-state index is 12.5. The Hall–Kier alpha value is -0.730. The van der Waals surface area contributed by atoms with Crippen LogP contribution in [0.15, 0.2) is 0 Å². The van der Waals surface area contributed by atoms with Crippen molar-refractivity contribution in [1.29, 1.82) is 0 Å². The highest BCUT2D eigenvalue weighted by atomic mass is 16.2. The van der Waals surface area contributed by atoms with E-state index in [0.29, 0.717) is 6.03 Å². The van der Waals surface area contributed by atoms with Crippen molar-refractivity contribution in [2.45, 2.75) is 58.8 Å². The molecule has 3 heteroatoms. The number of piperidine rings is 1. The number of hydrogen-bond donors (Lipinski definition) is 0. The standard InChI is InChI=1S/C16H30N2O/c1-3-5-15-6-4-10-17(13-9-15)16(19)18-11-7-14(2)8-12-18/h14-15H,3-13H2,1-2H3. The summed E-state index contributed by atoms with van der Waals surface area (Å²) in [5.74, 6) is 1.64. The number of carbonyl (C=O) groups is 1. The van der Waals surface area contributed by atoms with Crippen LogP contribution in [0, 0.1) is 11.8 Å². The van der Waals surface area contributed by atoms with Crippen molar-refractivity contribution < 1.29 is 4.79 Å². The Morgan fingerprint density at radius 2 is 1.63 bits per heavy atom. The summed E-state index contributed by atoms with van der Waals surface area (Å²) in [6.07, 6.45) is 8.70.